The summed E-state index contributed by atoms with van der Waals surface area (Å²) in [6.07, 6.45) is 0. The van der Waals surface area contributed by atoms with E-state index < -0.39 is 37.0 Å². The van der Waals surface area contributed by atoms with Crippen LogP contribution in [0.5, 0.6) is 0 Å². The first kappa shape index (κ1) is 20.0. The van der Waals surface area contributed by atoms with Crippen molar-refractivity contribution in [2.75, 3.05) is 5.32 Å². The Labute approximate surface area is 150 Å². The lowest BCUT2D eigenvalue weighted by Crippen LogP contribution is -2.44. The summed E-state index contributed by atoms with van der Waals surface area (Å²) in [5.74, 6) is -2.49. The maximum absolute atomic E-state index is 13.9. The number of sulfone groups is 1. The summed E-state index contributed by atoms with van der Waals surface area (Å²) in [5, 5.41) is 6.03. The number of aromatic nitrogens is 1. The van der Waals surface area contributed by atoms with E-state index in [9.17, 15) is 22.0 Å². The number of rotatable bonds is 4. The minimum Gasteiger partial charge on any atom is -0.359 e. The monoisotopic (exact) mass is 386 g/mol. The van der Waals surface area contributed by atoms with E-state index in [1.165, 1.54) is 6.07 Å². The van der Waals surface area contributed by atoms with Crippen LogP contribution < -0.4 is 5.32 Å². The first-order valence-corrected chi connectivity index (χ1v) is 9.23. The summed E-state index contributed by atoms with van der Waals surface area (Å²) >= 11 is 0. The number of carbonyl (C=O) groups is 1. The van der Waals surface area contributed by atoms with Gasteiger partial charge in [-0.2, -0.15) is 0 Å². The molecule has 0 bridgehead atoms. The molecule has 2 aromatic rings. The Balaban J connectivity index is 2.35. The minimum atomic E-state index is -4.52. The Bertz CT molecular complexity index is 944. The molecular weight excluding hydrogens is 366 g/mol. The molecule has 0 saturated carbocycles. The number of anilines is 1. The van der Waals surface area contributed by atoms with E-state index in [0.29, 0.717) is 17.9 Å². The Kier molecular flexibility index (Phi) is 4.97. The molecule has 1 aromatic carbocycles. The maximum atomic E-state index is 13.9. The van der Waals surface area contributed by atoms with E-state index in [-0.39, 0.29) is 11.2 Å². The molecule has 142 valence electrons. The zero-order valence-corrected chi connectivity index (χ0v) is 15.9. The molecule has 2 rings (SSSR count). The Morgan fingerprint density at radius 2 is 1.73 bits per heavy atom. The van der Waals surface area contributed by atoms with Gasteiger partial charge in [0.15, 0.2) is 15.7 Å². The molecule has 0 fully saturated rings. The third kappa shape index (κ3) is 3.62. The highest BCUT2D eigenvalue weighted by molar-refractivity contribution is 7.93. The summed E-state index contributed by atoms with van der Waals surface area (Å²) in [5.41, 5.74) is -0.359. The van der Waals surface area contributed by atoms with E-state index in [0.717, 1.165) is 19.9 Å². The third-order valence-electron chi connectivity index (χ3n) is 3.89. The van der Waals surface area contributed by atoms with Crippen LogP contribution in [0.25, 0.3) is 0 Å². The number of halogens is 2. The summed E-state index contributed by atoms with van der Waals surface area (Å²) in [6, 6.07) is 3.52. The standard InChI is InChI=1S/C17H20F2N2O4S/c1-16(2,3)13-9-14(21-25-13)20-15(22)17(4,5)26(23,24)12-8-10(18)6-7-11(12)19/h6-9H,1-5H3,(H,20,21,22). The van der Waals surface area contributed by atoms with Crippen LogP contribution in [0.4, 0.5) is 14.6 Å². The minimum absolute atomic E-state index is 0.0305. The van der Waals surface area contributed by atoms with Crippen molar-refractivity contribution in [1.82, 2.24) is 5.16 Å². The number of carbonyl (C=O) groups excluding carboxylic acids is 1. The first-order valence-electron chi connectivity index (χ1n) is 7.75. The maximum Gasteiger partial charge on any atom is 0.246 e. The van der Waals surface area contributed by atoms with Gasteiger partial charge < -0.3 is 9.84 Å². The van der Waals surface area contributed by atoms with Gasteiger partial charge in [0.1, 0.15) is 27.0 Å². The molecule has 0 aliphatic carbocycles. The highest BCUT2D eigenvalue weighted by Gasteiger charge is 2.44. The SMILES string of the molecule is CC(C)(C)c1cc(NC(=O)C(C)(C)S(=O)(=O)c2cc(F)ccc2F)no1. The normalized spacial score (nSPS) is 12.9. The summed E-state index contributed by atoms with van der Waals surface area (Å²) < 4.78 is 55.8. The molecular formula is C17H20F2N2O4S. The second-order valence-corrected chi connectivity index (χ2v) is 9.84. The predicted octanol–water partition coefficient (Wildman–Crippen LogP) is 3.44. The van der Waals surface area contributed by atoms with Gasteiger partial charge in [-0.1, -0.05) is 25.9 Å². The van der Waals surface area contributed by atoms with Crippen molar-refractivity contribution in [1.29, 1.82) is 0 Å². The zero-order chi connectivity index (χ0) is 19.9. The molecule has 6 nitrogen and oxygen atoms in total. The van der Waals surface area contributed by atoms with Crippen molar-refractivity contribution in [2.45, 2.75) is 49.7 Å². The number of amides is 1. The number of hydrogen-bond acceptors (Lipinski definition) is 5. The van der Waals surface area contributed by atoms with Crippen LogP contribution in [0, 0.1) is 11.6 Å². The molecule has 1 amide bonds. The highest BCUT2D eigenvalue weighted by Crippen LogP contribution is 2.30. The van der Waals surface area contributed by atoms with Gasteiger partial charge in [-0.3, -0.25) is 4.79 Å². The lowest BCUT2D eigenvalue weighted by Gasteiger charge is -2.23. The van der Waals surface area contributed by atoms with E-state index in [4.69, 9.17) is 4.52 Å². The lowest BCUT2D eigenvalue weighted by atomic mass is 9.93. The fourth-order valence-electron chi connectivity index (χ4n) is 2.03. The molecule has 1 aromatic heterocycles. The Morgan fingerprint density at radius 3 is 2.27 bits per heavy atom. The summed E-state index contributed by atoms with van der Waals surface area (Å²) in [7, 11) is -4.52. The molecule has 0 aliphatic rings. The summed E-state index contributed by atoms with van der Waals surface area (Å²) in [4.78, 5) is 11.6. The molecule has 0 aliphatic heterocycles. The average molecular weight is 386 g/mol. The molecule has 1 N–H and O–H groups in total. The fourth-order valence-corrected chi connectivity index (χ4v) is 3.47. The van der Waals surface area contributed by atoms with Crippen LogP contribution in [0.3, 0.4) is 0 Å². The van der Waals surface area contributed by atoms with Crippen molar-refractivity contribution in [3.63, 3.8) is 0 Å². The van der Waals surface area contributed by atoms with Crippen LogP contribution in [-0.2, 0) is 20.0 Å². The molecule has 1 heterocycles. The lowest BCUT2D eigenvalue weighted by molar-refractivity contribution is -0.117. The van der Waals surface area contributed by atoms with Crippen LogP contribution in [-0.4, -0.2) is 24.2 Å². The quantitative estimate of drug-likeness (QED) is 0.869. The van der Waals surface area contributed by atoms with Crippen molar-refractivity contribution in [2.24, 2.45) is 0 Å². The fraction of sp³-hybridized carbons (Fsp3) is 0.412. The Hall–Kier alpha value is -2.29. The van der Waals surface area contributed by atoms with Crippen LogP contribution in [0.2, 0.25) is 0 Å². The van der Waals surface area contributed by atoms with Gasteiger partial charge in [-0.05, 0) is 32.0 Å². The van der Waals surface area contributed by atoms with Gasteiger partial charge >= 0.3 is 0 Å². The number of hydrogen-bond donors (Lipinski definition) is 1. The predicted molar refractivity (Wildman–Crippen MR) is 91.5 cm³/mol. The second kappa shape index (κ2) is 6.46. The van der Waals surface area contributed by atoms with E-state index in [1.54, 1.807) is 0 Å². The van der Waals surface area contributed by atoms with Crippen molar-refractivity contribution >= 4 is 21.6 Å². The zero-order valence-electron chi connectivity index (χ0n) is 15.1. The number of nitrogens with one attached hydrogen (secondary N) is 1. The first-order chi connectivity index (χ1) is 11.8. The van der Waals surface area contributed by atoms with E-state index >= 15 is 0 Å². The van der Waals surface area contributed by atoms with Crippen LogP contribution in [0.15, 0.2) is 33.7 Å². The average Bonchev–Trinajstić information content (AvgIpc) is 2.98. The van der Waals surface area contributed by atoms with Gasteiger partial charge in [0.05, 0.1) is 0 Å². The van der Waals surface area contributed by atoms with Gasteiger partial charge in [0.25, 0.3) is 0 Å². The molecule has 0 atom stereocenters. The van der Waals surface area contributed by atoms with Gasteiger partial charge in [-0.15, -0.1) is 0 Å². The topological polar surface area (TPSA) is 89.3 Å². The molecule has 0 saturated heterocycles. The van der Waals surface area contributed by atoms with E-state index in [1.807, 2.05) is 20.8 Å². The molecule has 9 heteroatoms. The van der Waals surface area contributed by atoms with Gasteiger partial charge in [0.2, 0.25) is 5.91 Å². The van der Waals surface area contributed by atoms with Gasteiger partial charge in [-0.25, -0.2) is 17.2 Å². The smallest absolute Gasteiger partial charge is 0.246 e. The van der Waals surface area contributed by atoms with Crippen molar-refractivity contribution in [3.8, 4) is 0 Å². The van der Waals surface area contributed by atoms with Crippen LogP contribution in [0.1, 0.15) is 40.4 Å². The van der Waals surface area contributed by atoms with Crippen molar-refractivity contribution < 1.29 is 26.5 Å². The van der Waals surface area contributed by atoms with Gasteiger partial charge in [0, 0.05) is 11.5 Å². The van der Waals surface area contributed by atoms with Crippen molar-refractivity contribution in [3.05, 3.63) is 41.7 Å². The number of nitrogens with zero attached hydrogens (tertiary/aromatic N) is 1. The largest absolute Gasteiger partial charge is 0.359 e. The number of benzene rings is 1. The molecule has 0 unspecified atom stereocenters. The Morgan fingerprint density at radius 1 is 1.12 bits per heavy atom. The summed E-state index contributed by atoms with van der Waals surface area (Å²) in [6.45, 7) is 7.83. The van der Waals surface area contributed by atoms with Crippen LogP contribution >= 0.6 is 0 Å². The molecule has 26 heavy (non-hydrogen) atoms. The third-order valence-corrected chi connectivity index (χ3v) is 6.31. The highest BCUT2D eigenvalue weighted by atomic mass is 32.2. The second-order valence-electron chi connectivity index (χ2n) is 7.37. The molecule has 0 radical (unpaired) electrons. The molecule has 0 spiro atoms. The van der Waals surface area contributed by atoms with E-state index in [2.05, 4.69) is 10.5 Å².